The van der Waals surface area contributed by atoms with Crippen molar-refractivity contribution in [2.45, 2.75) is 32.2 Å². The van der Waals surface area contributed by atoms with Crippen molar-refractivity contribution in [3.05, 3.63) is 48.0 Å². The summed E-state index contributed by atoms with van der Waals surface area (Å²) < 4.78 is 1.86. The molecule has 0 aromatic carbocycles. The SMILES string of the molecule is CCCNC(CCc1cccnc1)c1cnn(C)c1. The second kappa shape index (κ2) is 7.04. The Bertz CT molecular complexity index is 478. The van der Waals surface area contributed by atoms with Crippen molar-refractivity contribution >= 4 is 0 Å². The molecule has 0 spiro atoms. The van der Waals surface area contributed by atoms with E-state index in [2.05, 4.69) is 34.6 Å². The molecule has 0 fully saturated rings. The van der Waals surface area contributed by atoms with Crippen molar-refractivity contribution in [3.63, 3.8) is 0 Å². The minimum atomic E-state index is 0.369. The monoisotopic (exact) mass is 258 g/mol. The van der Waals surface area contributed by atoms with Gasteiger partial charge in [0, 0.05) is 37.2 Å². The molecule has 102 valence electrons. The number of hydrogen-bond donors (Lipinski definition) is 1. The number of nitrogens with zero attached hydrogens (tertiary/aromatic N) is 3. The minimum absolute atomic E-state index is 0.369. The smallest absolute Gasteiger partial charge is 0.0537 e. The van der Waals surface area contributed by atoms with Crippen LogP contribution in [0.25, 0.3) is 0 Å². The highest BCUT2D eigenvalue weighted by Gasteiger charge is 2.12. The first kappa shape index (κ1) is 13.7. The maximum atomic E-state index is 4.26. The molecule has 0 bridgehead atoms. The van der Waals surface area contributed by atoms with E-state index in [1.807, 2.05) is 36.4 Å². The van der Waals surface area contributed by atoms with Crippen LogP contribution in [0.5, 0.6) is 0 Å². The number of aromatic nitrogens is 3. The lowest BCUT2D eigenvalue weighted by Crippen LogP contribution is -2.22. The van der Waals surface area contributed by atoms with Crippen LogP contribution < -0.4 is 5.32 Å². The number of rotatable bonds is 7. The third kappa shape index (κ3) is 4.17. The number of nitrogens with one attached hydrogen (secondary N) is 1. The van der Waals surface area contributed by atoms with Gasteiger partial charge in [0.25, 0.3) is 0 Å². The van der Waals surface area contributed by atoms with Crippen LogP contribution in [0, 0.1) is 0 Å². The Labute approximate surface area is 114 Å². The molecule has 0 amide bonds. The van der Waals surface area contributed by atoms with Gasteiger partial charge in [-0.15, -0.1) is 0 Å². The van der Waals surface area contributed by atoms with Crippen molar-refractivity contribution < 1.29 is 0 Å². The molecule has 1 unspecified atom stereocenters. The first-order valence-electron chi connectivity index (χ1n) is 6.90. The summed E-state index contributed by atoms with van der Waals surface area (Å²) in [5, 5.41) is 7.86. The first-order valence-corrected chi connectivity index (χ1v) is 6.90. The zero-order chi connectivity index (χ0) is 13.5. The second-order valence-corrected chi connectivity index (χ2v) is 4.85. The van der Waals surface area contributed by atoms with Crippen molar-refractivity contribution in [2.75, 3.05) is 6.54 Å². The Morgan fingerprint density at radius 2 is 2.26 bits per heavy atom. The molecule has 0 saturated heterocycles. The van der Waals surface area contributed by atoms with Crippen LogP contribution in [0.15, 0.2) is 36.9 Å². The van der Waals surface area contributed by atoms with E-state index in [0.29, 0.717) is 6.04 Å². The predicted molar refractivity (Wildman–Crippen MR) is 76.8 cm³/mol. The predicted octanol–water partition coefficient (Wildman–Crippen LogP) is 2.49. The van der Waals surface area contributed by atoms with Crippen LogP contribution in [0.3, 0.4) is 0 Å². The molecule has 1 atom stereocenters. The van der Waals surface area contributed by atoms with Crippen molar-refractivity contribution in [2.24, 2.45) is 7.05 Å². The van der Waals surface area contributed by atoms with Gasteiger partial charge in [0.2, 0.25) is 0 Å². The van der Waals surface area contributed by atoms with Crippen LogP contribution >= 0.6 is 0 Å². The summed E-state index contributed by atoms with van der Waals surface area (Å²) in [6.45, 7) is 3.22. The molecule has 0 radical (unpaired) electrons. The maximum absolute atomic E-state index is 4.26. The van der Waals surface area contributed by atoms with Gasteiger partial charge in [-0.3, -0.25) is 9.67 Å². The summed E-state index contributed by atoms with van der Waals surface area (Å²) in [5.74, 6) is 0. The van der Waals surface area contributed by atoms with Crippen LogP contribution in [-0.2, 0) is 13.5 Å². The molecule has 0 aliphatic rings. The van der Waals surface area contributed by atoms with Crippen LogP contribution in [0.1, 0.15) is 36.9 Å². The zero-order valence-electron chi connectivity index (χ0n) is 11.7. The van der Waals surface area contributed by atoms with Gasteiger partial charge in [-0.05, 0) is 37.4 Å². The highest BCUT2D eigenvalue weighted by molar-refractivity contribution is 5.13. The van der Waals surface area contributed by atoms with Gasteiger partial charge in [-0.2, -0.15) is 5.10 Å². The van der Waals surface area contributed by atoms with Gasteiger partial charge in [0.15, 0.2) is 0 Å². The number of hydrogen-bond acceptors (Lipinski definition) is 3. The van der Waals surface area contributed by atoms with Crippen LogP contribution in [-0.4, -0.2) is 21.3 Å². The molecule has 0 aliphatic carbocycles. The fourth-order valence-corrected chi connectivity index (χ4v) is 2.18. The Balaban J connectivity index is 1.98. The Kier molecular flexibility index (Phi) is 5.10. The van der Waals surface area contributed by atoms with Gasteiger partial charge in [0.05, 0.1) is 6.20 Å². The summed E-state index contributed by atoms with van der Waals surface area (Å²) in [7, 11) is 1.96. The molecule has 0 saturated carbocycles. The third-order valence-electron chi connectivity index (χ3n) is 3.21. The summed E-state index contributed by atoms with van der Waals surface area (Å²) in [5.41, 5.74) is 2.55. The van der Waals surface area contributed by atoms with E-state index >= 15 is 0 Å². The van der Waals surface area contributed by atoms with Gasteiger partial charge >= 0.3 is 0 Å². The fourth-order valence-electron chi connectivity index (χ4n) is 2.18. The fraction of sp³-hybridized carbons (Fsp3) is 0.467. The molecular formula is C15H22N4. The lowest BCUT2D eigenvalue weighted by atomic mass is 10.0. The molecule has 2 aromatic rings. The van der Waals surface area contributed by atoms with Crippen molar-refractivity contribution in [3.8, 4) is 0 Å². The largest absolute Gasteiger partial charge is 0.310 e. The van der Waals surface area contributed by atoms with E-state index in [-0.39, 0.29) is 0 Å². The lowest BCUT2D eigenvalue weighted by Gasteiger charge is -2.17. The highest BCUT2D eigenvalue weighted by Crippen LogP contribution is 2.18. The van der Waals surface area contributed by atoms with Gasteiger partial charge < -0.3 is 5.32 Å². The molecule has 2 rings (SSSR count). The topological polar surface area (TPSA) is 42.7 Å². The number of pyridine rings is 1. The average molecular weight is 258 g/mol. The summed E-state index contributed by atoms with van der Waals surface area (Å²) in [6.07, 6.45) is 11.1. The Hall–Kier alpha value is -1.68. The standard InChI is InChI=1S/C15H22N4/c1-3-8-17-15(14-11-18-19(2)12-14)7-6-13-5-4-9-16-10-13/h4-5,9-12,15,17H,3,6-8H2,1-2H3. The third-order valence-corrected chi connectivity index (χ3v) is 3.21. The second-order valence-electron chi connectivity index (χ2n) is 4.85. The van der Waals surface area contributed by atoms with Gasteiger partial charge in [-0.25, -0.2) is 0 Å². The van der Waals surface area contributed by atoms with E-state index in [0.717, 1.165) is 25.8 Å². The Morgan fingerprint density at radius 3 is 2.89 bits per heavy atom. The van der Waals surface area contributed by atoms with Crippen LogP contribution in [0.4, 0.5) is 0 Å². The van der Waals surface area contributed by atoms with Crippen LogP contribution in [0.2, 0.25) is 0 Å². The average Bonchev–Trinajstić information content (AvgIpc) is 2.86. The maximum Gasteiger partial charge on any atom is 0.0537 e. The van der Waals surface area contributed by atoms with Gasteiger partial charge in [-0.1, -0.05) is 13.0 Å². The molecule has 1 N–H and O–H groups in total. The molecule has 2 aromatic heterocycles. The van der Waals surface area contributed by atoms with Crippen molar-refractivity contribution in [1.29, 1.82) is 0 Å². The summed E-state index contributed by atoms with van der Waals surface area (Å²) >= 11 is 0. The molecular weight excluding hydrogens is 236 g/mol. The Morgan fingerprint density at radius 1 is 1.37 bits per heavy atom. The van der Waals surface area contributed by atoms with E-state index in [1.54, 1.807) is 0 Å². The number of aryl methyl sites for hydroxylation is 2. The highest BCUT2D eigenvalue weighted by atomic mass is 15.2. The minimum Gasteiger partial charge on any atom is -0.310 e. The summed E-state index contributed by atoms with van der Waals surface area (Å²) in [6, 6.07) is 4.50. The lowest BCUT2D eigenvalue weighted by molar-refractivity contribution is 0.498. The zero-order valence-corrected chi connectivity index (χ0v) is 11.7. The quantitative estimate of drug-likeness (QED) is 0.829. The molecule has 4 heteroatoms. The normalized spacial score (nSPS) is 12.5. The van der Waals surface area contributed by atoms with Gasteiger partial charge in [0.1, 0.15) is 0 Å². The molecule has 4 nitrogen and oxygen atoms in total. The van der Waals surface area contributed by atoms with Crippen molar-refractivity contribution in [1.82, 2.24) is 20.1 Å². The van der Waals surface area contributed by atoms with E-state index in [1.165, 1.54) is 11.1 Å². The van der Waals surface area contributed by atoms with E-state index < -0.39 is 0 Å². The molecule has 2 heterocycles. The van der Waals surface area contributed by atoms with E-state index in [9.17, 15) is 0 Å². The first-order chi connectivity index (χ1) is 9.29. The summed E-state index contributed by atoms with van der Waals surface area (Å²) in [4.78, 5) is 4.16. The molecule has 0 aliphatic heterocycles. The molecule has 19 heavy (non-hydrogen) atoms. The van der Waals surface area contributed by atoms with E-state index in [4.69, 9.17) is 0 Å².